The Labute approximate surface area is 127 Å². The van der Waals surface area contributed by atoms with Crippen molar-refractivity contribution in [1.82, 2.24) is 4.90 Å². The summed E-state index contributed by atoms with van der Waals surface area (Å²) in [5, 5.41) is 9.55. The van der Waals surface area contributed by atoms with Crippen LogP contribution in [0.5, 0.6) is 0 Å². The van der Waals surface area contributed by atoms with E-state index in [4.69, 9.17) is 0 Å². The summed E-state index contributed by atoms with van der Waals surface area (Å²) in [4.78, 5) is 25.9. The summed E-state index contributed by atoms with van der Waals surface area (Å²) in [5.74, 6) is 0.698. The molecule has 1 saturated carbocycles. The van der Waals surface area contributed by atoms with Gasteiger partial charge in [0.05, 0.1) is 5.41 Å². The van der Waals surface area contributed by atoms with Gasteiger partial charge in [-0.05, 0) is 37.0 Å². The van der Waals surface area contributed by atoms with Gasteiger partial charge in [-0.25, -0.2) is 0 Å². The maximum atomic E-state index is 12.5. The van der Waals surface area contributed by atoms with Crippen LogP contribution in [0, 0.1) is 23.2 Å². The van der Waals surface area contributed by atoms with E-state index in [1.807, 2.05) is 13.8 Å². The minimum absolute atomic E-state index is 0.0579. The molecule has 1 amide bonds. The summed E-state index contributed by atoms with van der Waals surface area (Å²) in [6.07, 6.45) is 6.00. The molecular formula is C17H29NO3. The average molecular weight is 295 g/mol. The Morgan fingerprint density at radius 3 is 2.57 bits per heavy atom. The lowest BCUT2D eigenvalue weighted by Gasteiger charge is -2.30. The van der Waals surface area contributed by atoms with Crippen molar-refractivity contribution in [2.24, 2.45) is 23.2 Å². The minimum atomic E-state index is -0.751. The number of rotatable bonds is 4. The molecule has 120 valence electrons. The molecule has 1 saturated heterocycles. The van der Waals surface area contributed by atoms with Gasteiger partial charge in [-0.3, -0.25) is 9.59 Å². The zero-order chi connectivity index (χ0) is 15.6. The topological polar surface area (TPSA) is 57.6 Å². The third-order valence-electron chi connectivity index (χ3n) is 5.69. The molecule has 3 atom stereocenters. The van der Waals surface area contributed by atoms with Crippen LogP contribution in [0.25, 0.3) is 0 Å². The van der Waals surface area contributed by atoms with Crippen molar-refractivity contribution in [3.8, 4) is 0 Å². The number of aliphatic carboxylic acids is 1. The molecule has 0 aromatic carbocycles. The van der Waals surface area contributed by atoms with Crippen molar-refractivity contribution in [1.29, 1.82) is 0 Å². The fourth-order valence-electron chi connectivity index (χ4n) is 4.06. The van der Waals surface area contributed by atoms with Crippen molar-refractivity contribution >= 4 is 11.9 Å². The van der Waals surface area contributed by atoms with Crippen LogP contribution in [0.2, 0.25) is 0 Å². The quantitative estimate of drug-likeness (QED) is 0.866. The molecule has 4 heteroatoms. The van der Waals surface area contributed by atoms with Gasteiger partial charge in [0.1, 0.15) is 0 Å². The highest BCUT2D eigenvalue weighted by Gasteiger charge is 2.48. The third kappa shape index (κ3) is 3.41. The van der Waals surface area contributed by atoms with Crippen molar-refractivity contribution in [3.63, 3.8) is 0 Å². The lowest BCUT2D eigenvalue weighted by Crippen LogP contribution is -2.41. The number of hydrogen-bond acceptors (Lipinski definition) is 2. The van der Waals surface area contributed by atoms with Gasteiger partial charge < -0.3 is 10.0 Å². The Balaban J connectivity index is 1.94. The van der Waals surface area contributed by atoms with Crippen molar-refractivity contribution < 1.29 is 14.7 Å². The van der Waals surface area contributed by atoms with Gasteiger partial charge in [0.2, 0.25) is 5.91 Å². The van der Waals surface area contributed by atoms with E-state index in [-0.39, 0.29) is 11.8 Å². The summed E-state index contributed by atoms with van der Waals surface area (Å²) >= 11 is 0. The first kappa shape index (κ1) is 16.3. The molecule has 2 fully saturated rings. The second-order valence-corrected chi connectivity index (χ2v) is 7.52. The summed E-state index contributed by atoms with van der Waals surface area (Å²) in [7, 11) is 0. The maximum absolute atomic E-state index is 12.5. The normalized spacial score (nSPS) is 33.4. The van der Waals surface area contributed by atoms with Crippen molar-refractivity contribution in [2.45, 2.75) is 59.3 Å². The molecule has 0 bridgehead atoms. The molecule has 1 N–H and O–H groups in total. The number of amides is 1. The van der Waals surface area contributed by atoms with E-state index < -0.39 is 11.4 Å². The molecule has 1 aliphatic carbocycles. The fraction of sp³-hybridized carbons (Fsp3) is 0.882. The van der Waals surface area contributed by atoms with E-state index in [0.29, 0.717) is 31.8 Å². The van der Waals surface area contributed by atoms with Gasteiger partial charge in [0, 0.05) is 19.5 Å². The molecule has 1 heterocycles. The summed E-state index contributed by atoms with van der Waals surface area (Å²) in [6.45, 7) is 7.16. The Hall–Kier alpha value is -1.06. The molecule has 2 rings (SSSR count). The van der Waals surface area contributed by atoms with Crippen LogP contribution in [0.15, 0.2) is 0 Å². The minimum Gasteiger partial charge on any atom is -0.481 e. The van der Waals surface area contributed by atoms with Crippen LogP contribution >= 0.6 is 0 Å². The largest absolute Gasteiger partial charge is 0.481 e. The predicted octanol–water partition coefficient (Wildman–Crippen LogP) is 3.16. The highest BCUT2D eigenvalue weighted by molar-refractivity contribution is 5.81. The fourth-order valence-corrected chi connectivity index (χ4v) is 4.06. The van der Waals surface area contributed by atoms with Gasteiger partial charge in [-0.1, -0.05) is 33.6 Å². The monoisotopic (exact) mass is 295 g/mol. The molecule has 4 nitrogen and oxygen atoms in total. The summed E-state index contributed by atoms with van der Waals surface area (Å²) in [5.41, 5.74) is -0.741. The second kappa shape index (κ2) is 6.37. The number of carboxylic acids is 1. The van der Waals surface area contributed by atoms with Crippen molar-refractivity contribution in [2.75, 3.05) is 13.1 Å². The van der Waals surface area contributed by atoms with Gasteiger partial charge in [0.15, 0.2) is 0 Å². The molecule has 3 unspecified atom stereocenters. The summed E-state index contributed by atoms with van der Waals surface area (Å²) < 4.78 is 0. The SMILES string of the molecule is CC1CCCC(CC(=O)N2CCC(C(=O)O)(C(C)C)C2)C1. The highest BCUT2D eigenvalue weighted by atomic mass is 16.4. The van der Waals surface area contributed by atoms with E-state index in [2.05, 4.69) is 6.92 Å². The number of hydrogen-bond donors (Lipinski definition) is 1. The number of nitrogens with zero attached hydrogens (tertiary/aromatic N) is 1. The molecule has 2 aliphatic rings. The van der Waals surface area contributed by atoms with Crippen LogP contribution in [-0.4, -0.2) is 35.0 Å². The Morgan fingerprint density at radius 1 is 1.33 bits per heavy atom. The standard InChI is InChI=1S/C17H29NO3/c1-12(2)17(16(20)21)7-8-18(11-17)15(19)10-14-6-4-5-13(3)9-14/h12-14H,4-11H2,1-3H3,(H,20,21). The van der Waals surface area contributed by atoms with Gasteiger partial charge in [-0.2, -0.15) is 0 Å². The lowest BCUT2D eigenvalue weighted by molar-refractivity contribution is -0.151. The average Bonchev–Trinajstić information content (AvgIpc) is 2.85. The van der Waals surface area contributed by atoms with E-state index in [1.54, 1.807) is 4.90 Å². The predicted molar refractivity (Wildman–Crippen MR) is 81.8 cm³/mol. The molecular weight excluding hydrogens is 266 g/mol. The van der Waals surface area contributed by atoms with E-state index >= 15 is 0 Å². The van der Waals surface area contributed by atoms with Crippen LogP contribution < -0.4 is 0 Å². The second-order valence-electron chi connectivity index (χ2n) is 7.52. The maximum Gasteiger partial charge on any atom is 0.311 e. The lowest BCUT2D eigenvalue weighted by atomic mass is 9.76. The number of carbonyl (C=O) groups is 2. The van der Waals surface area contributed by atoms with Crippen LogP contribution in [0.3, 0.4) is 0 Å². The van der Waals surface area contributed by atoms with Crippen LogP contribution in [0.1, 0.15) is 59.3 Å². The van der Waals surface area contributed by atoms with Crippen LogP contribution in [0.4, 0.5) is 0 Å². The van der Waals surface area contributed by atoms with Gasteiger partial charge in [0.25, 0.3) is 0 Å². The Morgan fingerprint density at radius 2 is 2.05 bits per heavy atom. The first-order valence-electron chi connectivity index (χ1n) is 8.36. The number of likely N-dealkylation sites (tertiary alicyclic amines) is 1. The molecule has 21 heavy (non-hydrogen) atoms. The first-order valence-corrected chi connectivity index (χ1v) is 8.36. The van der Waals surface area contributed by atoms with Gasteiger partial charge in [-0.15, -0.1) is 0 Å². The third-order valence-corrected chi connectivity index (χ3v) is 5.69. The first-order chi connectivity index (χ1) is 9.85. The van der Waals surface area contributed by atoms with Gasteiger partial charge >= 0.3 is 5.97 Å². The smallest absolute Gasteiger partial charge is 0.311 e. The summed E-state index contributed by atoms with van der Waals surface area (Å²) in [6, 6.07) is 0. The molecule has 0 aromatic heterocycles. The molecule has 0 aromatic rings. The zero-order valence-corrected chi connectivity index (χ0v) is 13.6. The highest BCUT2D eigenvalue weighted by Crippen LogP contribution is 2.39. The molecule has 1 aliphatic heterocycles. The van der Waals surface area contributed by atoms with E-state index in [0.717, 1.165) is 18.8 Å². The van der Waals surface area contributed by atoms with E-state index in [1.165, 1.54) is 12.8 Å². The zero-order valence-electron chi connectivity index (χ0n) is 13.6. The number of carbonyl (C=O) groups excluding carboxylic acids is 1. The number of carboxylic acid groups (broad SMARTS) is 1. The Bertz CT molecular complexity index is 407. The molecule has 0 spiro atoms. The molecule has 0 radical (unpaired) electrons. The Kier molecular flexibility index (Phi) is 4.95. The van der Waals surface area contributed by atoms with E-state index in [9.17, 15) is 14.7 Å². The van der Waals surface area contributed by atoms with Crippen LogP contribution in [-0.2, 0) is 9.59 Å². The van der Waals surface area contributed by atoms with Crippen molar-refractivity contribution in [3.05, 3.63) is 0 Å².